The fourth-order valence-corrected chi connectivity index (χ4v) is 5.48. The number of ether oxygens (including phenoxy) is 4. The van der Waals surface area contributed by atoms with Gasteiger partial charge in [0.2, 0.25) is 6.79 Å². The molecule has 0 amide bonds. The molecule has 1 saturated heterocycles. The van der Waals surface area contributed by atoms with Crippen LogP contribution in [-0.2, 0) is 0 Å². The first-order valence-corrected chi connectivity index (χ1v) is 13.0. The first kappa shape index (κ1) is 24.6. The number of nitrogens with one attached hydrogen (secondary N) is 1. The Labute approximate surface area is 220 Å². The minimum Gasteiger partial charge on any atom is -0.493 e. The van der Waals surface area contributed by atoms with Gasteiger partial charge in [0.15, 0.2) is 11.5 Å². The number of β-amino-alcohol motifs (C(OH)–C–C–N with tert-alkyl or cyclic N) is 1. The Kier molecular flexibility index (Phi) is 7.07. The quantitative estimate of drug-likeness (QED) is 0.326. The second-order valence-corrected chi connectivity index (χ2v) is 9.95. The van der Waals surface area contributed by atoms with Gasteiger partial charge in [-0.2, -0.15) is 0 Å². The number of aliphatic hydroxyl groups is 1. The number of nitrogens with zero attached hydrogens (tertiary/aromatic N) is 1. The summed E-state index contributed by atoms with van der Waals surface area (Å²) in [5, 5.41) is 11.8. The van der Waals surface area contributed by atoms with Gasteiger partial charge in [-0.05, 0) is 66.9 Å². The molecule has 8 heteroatoms. The van der Waals surface area contributed by atoms with Crippen molar-refractivity contribution in [2.75, 3.05) is 39.6 Å². The van der Waals surface area contributed by atoms with Crippen LogP contribution in [0.1, 0.15) is 17.9 Å². The summed E-state index contributed by atoms with van der Waals surface area (Å²) >= 11 is 0. The fourth-order valence-electron chi connectivity index (χ4n) is 5.48. The van der Waals surface area contributed by atoms with Crippen molar-refractivity contribution in [2.45, 2.75) is 18.4 Å². The molecule has 38 heavy (non-hydrogen) atoms. The molecule has 1 aromatic heterocycles. The Balaban J connectivity index is 1.10. The first-order valence-electron chi connectivity index (χ1n) is 13.0. The first-order chi connectivity index (χ1) is 18.6. The van der Waals surface area contributed by atoms with E-state index in [0.717, 1.165) is 47.5 Å². The van der Waals surface area contributed by atoms with Crippen LogP contribution in [0.5, 0.6) is 23.0 Å². The molecule has 7 nitrogen and oxygen atoms in total. The lowest BCUT2D eigenvalue weighted by atomic mass is 9.80. The summed E-state index contributed by atoms with van der Waals surface area (Å²) in [5.41, 5.74) is 2.11. The molecule has 0 radical (unpaired) electrons. The van der Waals surface area contributed by atoms with Crippen LogP contribution in [0.3, 0.4) is 0 Å². The van der Waals surface area contributed by atoms with Crippen LogP contribution in [0.4, 0.5) is 4.39 Å². The highest BCUT2D eigenvalue weighted by molar-refractivity contribution is 5.85. The van der Waals surface area contributed by atoms with Crippen molar-refractivity contribution < 1.29 is 28.4 Å². The number of piperidine rings is 1. The van der Waals surface area contributed by atoms with Gasteiger partial charge in [0.1, 0.15) is 30.0 Å². The summed E-state index contributed by atoms with van der Waals surface area (Å²) in [7, 11) is 0. The average molecular weight is 519 g/mol. The van der Waals surface area contributed by atoms with Gasteiger partial charge in [-0.25, -0.2) is 4.39 Å². The summed E-state index contributed by atoms with van der Waals surface area (Å²) in [6, 6.07) is 20.2. The second kappa shape index (κ2) is 10.9. The minimum atomic E-state index is -0.637. The standard InChI is InChI=1S/C30H31FN2O5/c31-22-6-4-20(5-7-22)25-11-13-33(15-21(25)17-35-24-8-9-29-30(14-24)38-19-37-29)16-23(34)18-36-28-3-1-2-27-26(28)10-12-32-27/h1-10,12,14,21,23,25,32,34H,11,13,15-19H2. The highest BCUT2D eigenvalue weighted by Crippen LogP contribution is 2.37. The fraction of sp³-hybridized carbons (Fsp3) is 0.333. The molecule has 2 aliphatic rings. The van der Waals surface area contributed by atoms with Crippen molar-refractivity contribution in [2.24, 2.45) is 5.92 Å². The van der Waals surface area contributed by atoms with Gasteiger partial charge in [-0.15, -0.1) is 0 Å². The van der Waals surface area contributed by atoms with E-state index < -0.39 is 6.10 Å². The van der Waals surface area contributed by atoms with Gasteiger partial charge < -0.3 is 33.9 Å². The molecule has 198 valence electrons. The van der Waals surface area contributed by atoms with Gasteiger partial charge in [-0.3, -0.25) is 0 Å². The maximum atomic E-state index is 13.6. The number of fused-ring (bicyclic) bond motifs is 2. The Hall–Kier alpha value is -3.75. The van der Waals surface area contributed by atoms with E-state index in [-0.39, 0.29) is 31.1 Å². The molecule has 0 saturated carbocycles. The predicted molar refractivity (Wildman–Crippen MR) is 142 cm³/mol. The van der Waals surface area contributed by atoms with Crippen LogP contribution < -0.4 is 18.9 Å². The number of benzene rings is 3. The van der Waals surface area contributed by atoms with E-state index in [4.69, 9.17) is 18.9 Å². The number of H-pyrrole nitrogens is 1. The van der Waals surface area contributed by atoms with Gasteiger partial charge in [0, 0.05) is 42.2 Å². The van der Waals surface area contributed by atoms with Crippen LogP contribution in [0, 0.1) is 11.7 Å². The third-order valence-corrected chi connectivity index (χ3v) is 7.38. The van der Waals surface area contributed by atoms with Crippen molar-refractivity contribution in [3.05, 3.63) is 84.3 Å². The molecule has 3 atom stereocenters. The van der Waals surface area contributed by atoms with Crippen LogP contribution in [0.25, 0.3) is 10.9 Å². The Bertz CT molecular complexity index is 1370. The number of aromatic amines is 1. The van der Waals surface area contributed by atoms with Gasteiger partial charge in [0.25, 0.3) is 0 Å². The molecule has 1 fully saturated rings. The van der Waals surface area contributed by atoms with Crippen LogP contribution in [0.2, 0.25) is 0 Å². The van der Waals surface area contributed by atoms with E-state index in [1.807, 2.05) is 60.8 Å². The SMILES string of the molecule is OC(COc1cccc2[nH]ccc12)CN1CCC(c2ccc(F)cc2)C(COc2ccc3c(c2)OCO3)C1. The molecule has 0 spiro atoms. The molecule has 0 aliphatic carbocycles. The van der Waals surface area contributed by atoms with Gasteiger partial charge >= 0.3 is 0 Å². The lowest BCUT2D eigenvalue weighted by Gasteiger charge is -2.39. The second-order valence-electron chi connectivity index (χ2n) is 9.95. The van der Waals surface area contributed by atoms with Crippen LogP contribution in [0.15, 0.2) is 72.9 Å². The molecule has 6 rings (SSSR count). The van der Waals surface area contributed by atoms with E-state index in [0.29, 0.717) is 24.7 Å². The van der Waals surface area contributed by atoms with Crippen molar-refractivity contribution >= 4 is 10.9 Å². The molecule has 2 N–H and O–H groups in total. The zero-order valence-electron chi connectivity index (χ0n) is 21.0. The summed E-state index contributed by atoms with van der Waals surface area (Å²) in [6.07, 6.45) is 2.13. The highest BCUT2D eigenvalue weighted by atomic mass is 19.1. The largest absolute Gasteiger partial charge is 0.493 e. The van der Waals surface area contributed by atoms with E-state index in [2.05, 4.69) is 9.88 Å². The molecule has 3 heterocycles. The topological polar surface area (TPSA) is 76.2 Å². The maximum absolute atomic E-state index is 13.6. The summed E-state index contributed by atoms with van der Waals surface area (Å²) < 4.78 is 36.7. The zero-order valence-corrected chi connectivity index (χ0v) is 21.0. The summed E-state index contributed by atoms with van der Waals surface area (Å²) in [6.45, 7) is 2.99. The molecule has 3 unspecified atom stereocenters. The number of aliphatic hydroxyl groups excluding tert-OH is 1. The number of hydrogen-bond acceptors (Lipinski definition) is 6. The van der Waals surface area contributed by atoms with E-state index in [1.54, 1.807) is 0 Å². The summed E-state index contributed by atoms with van der Waals surface area (Å²) in [4.78, 5) is 5.44. The normalized spacial score (nSPS) is 19.9. The Morgan fingerprint density at radius 1 is 1.03 bits per heavy atom. The van der Waals surface area contributed by atoms with Crippen molar-refractivity contribution in [3.8, 4) is 23.0 Å². The minimum absolute atomic E-state index is 0.154. The molecule has 3 aromatic carbocycles. The predicted octanol–water partition coefficient (Wildman–Crippen LogP) is 4.96. The number of likely N-dealkylation sites (tertiary alicyclic amines) is 1. The van der Waals surface area contributed by atoms with Crippen LogP contribution >= 0.6 is 0 Å². The molecule has 4 aromatic rings. The van der Waals surface area contributed by atoms with Gasteiger partial charge in [0.05, 0.1) is 6.61 Å². The van der Waals surface area contributed by atoms with E-state index in [9.17, 15) is 9.50 Å². The van der Waals surface area contributed by atoms with Gasteiger partial charge in [-0.1, -0.05) is 18.2 Å². The summed E-state index contributed by atoms with van der Waals surface area (Å²) in [5.74, 6) is 3.01. The average Bonchev–Trinajstić information content (AvgIpc) is 3.61. The number of halogens is 1. The van der Waals surface area contributed by atoms with Crippen molar-refractivity contribution in [1.29, 1.82) is 0 Å². The lowest BCUT2D eigenvalue weighted by Crippen LogP contribution is -2.45. The maximum Gasteiger partial charge on any atom is 0.231 e. The third kappa shape index (κ3) is 5.42. The Morgan fingerprint density at radius 2 is 1.89 bits per heavy atom. The monoisotopic (exact) mass is 518 g/mol. The van der Waals surface area contributed by atoms with Crippen molar-refractivity contribution in [1.82, 2.24) is 9.88 Å². The number of rotatable bonds is 9. The smallest absolute Gasteiger partial charge is 0.231 e. The highest BCUT2D eigenvalue weighted by Gasteiger charge is 2.32. The molecule has 0 bridgehead atoms. The number of hydrogen-bond donors (Lipinski definition) is 2. The third-order valence-electron chi connectivity index (χ3n) is 7.38. The molecule has 2 aliphatic heterocycles. The zero-order chi connectivity index (χ0) is 25.9. The number of aromatic nitrogens is 1. The van der Waals surface area contributed by atoms with E-state index in [1.165, 1.54) is 12.1 Å². The molecular formula is C30H31FN2O5. The lowest BCUT2D eigenvalue weighted by molar-refractivity contribution is 0.0393. The molecular weight excluding hydrogens is 487 g/mol. The van der Waals surface area contributed by atoms with Crippen LogP contribution in [-0.4, -0.2) is 60.7 Å². The Morgan fingerprint density at radius 3 is 2.79 bits per heavy atom. The van der Waals surface area contributed by atoms with Crippen molar-refractivity contribution in [3.63, 3.8) is 0 Å². The van der Waals surface area contributed by atoms with E-state index >= 15 is 0 Å².